The largest absolute Gasteiger partial charge is 0.496 e. The Bertz CT molecular complexity index is 623. The number of benzene rings is 2. The van der Waals surface area contributed by atoms with Gasteiger partial charge in [-0.3, -0.25) is 4.79 Å². The van der Waals surface area contributed by atoms with E-state index in [1.54, 1.807) is 32.3 Å². The fraction of sp³-hybridized carbons (Fsp3) is 0.235. The predicted octanol–water partition coefficient (Wildman–Crippen LogP) is 2.48. The first-order valence-electron chi connectivity index (χ1n) is 6.67. The molecule has 0 saturated heterocycles. The van der Waals surface area contributed by atoms with Crippen LogP contribution in [0.3, 0.4) is 0 Å². The lowest BCUT2D eigenvalue weighted by molar-refractivity contribution is 0.0821. The molecule has 0 aliphatic carbocycles. The van der Waals surface area contributed by atoms with Crippen LogP contribution in [-0.4, -0.2) is 37.1 Å². The molecule has 0 aliphatic rings. The van der Waals surface area contributed by atoms with Crippen molar-refractivity contribution in [1.82, 2.24) is 4.90 Å². The minimum Gasteiger partial charge on any atom is -0.496 e. The van der Waals surface area contributed by atoms with E-state index < -0.39 is 6.10 Å². The number of rotatable bonds is 4. The number of aliphatic hydroxyl groups excluding tert-OH is 1. The molecule has 0 spiro atoms. The number of carbonyl (C=O) groups excluding carboxylic acids is 1. The van der Waals surface area contributed by atoms with Gasteiger partial charge in [-0.15, -0.1) is 0 Å². The molecule has 0 aliphatic heterocycles. The standard InChI is InChI=1S/C17H19NO3/c1-18(2)17(20)13-10-7-11-14(21-3)15(13)16(19)12-8-5-4-6-9-12/h4-11,16,19H,1-3H3/t16-/m0/s1. The van der Waals surface area contributed by atoms with Crippen molar-refractivity contribution in [2.45, 2.75) is 6.10 Å². The van der Waals surface area contributed by atoms with Gasteiger partial charge in [-0.2, -0.15) is 0 Å². The normalized spacial score (nSPS) is 11.8. The van der Waals surface area contributed by atoms with Gasteiger partial charge in [-0.25, -0.2) is 0 Å². The molecule has 4 heteroatoms. The van der Waals surface area contributed by atoms with Crippen molar-refractivity contribution in [2.75, 3.05) is 21.2 Å². The van der Waals surface area contributed by atoms with Gasteiger partial charge in [-0.05, 0) is 17.7 Å². The zero-order valence-electron chi connectivity index (χ0n) is 12.4. The van der Waals surface area contributed by atoms with E-state index in [0.717, 1.165) is 5.56 Å². The van der Waals surface area contributed by atoms with Crippen LogP contribution in [0.4, 0.5) is 0 Å². The second kappa shape index (κ2) is 6.41. The second-order valence-electron chi connectivity index (χ2n) is 4.93. The Balaban J connectivity index is 2.57. The maximum atomic E-state index is 12.3. The molecule has 21 heavy (non-hydrogen) atoms. The quantitative estimate of drug-likeness (QED) is 0.939. The van der Waals surface area contributed by atoms with Crippen LogP contribution in [0.1, 0.15) is 27.6 Å². The summed E-state index contributed by atoms with van der Waals surface area (Å²) in [5.41, 5.74) is 1.65. The topological polar surface area (TPSA) is 49.8 Å². The maximum absolute atomic E-state index is 12.3. The Hall–Kier alpha value is -2.33. The minimum atomic E-state index is -0.916. The van der Waals surface area contributed by atoms with Crippen molar-refractivity contribution in [1.29, 1.82) is 0 Å². The average Bonchev–Trinajstić information content (AvgIpc) is 2.53. The van der Waals surface area contributed by atoms with E-state index in [0.29, 0.717) is 16.9 Å². The molecular weight excluding hydrogens is 266 g/mol. The Morgan fingerprint density at radius 3 is 2.33 bits per heavy atom. The number of hydrogen-bond donors (Lipinski definition) is 1. The summed E-state index contributed by atoms with van der Waals surface area (Å²) in [6.07, 6.45) is -0.916. The van der Waals surface area contributed by atoms with Gasteiger partial charge < -0.3 is 14.7 Å². The Kier molecular flexibility index (Phi) is 4.60. The first-order valence-corrected chi connectivity index (χ1v) is 6.67. The molecule has 110 valence electrons. The summed E-state index contributed by atoms with van der Waals surface area (Å²) in [6.45, 7) is 0. The Morgan fingerprint density at radius 2 is 1.76 bits per heavy atom. The van der Waals surface area contributed by atoms with E-state index in [1.807, 2.05) is 30.3 Å². The van der Waals surface area contributed by atoms with Crippen molar-refractivity contribution in [3.05, 3.63) is 65.2 Å². The lowest BCUT2D eigenvalue weighted by Gasteiger charge is -2.20. The van der Waals surface area contributed by atoms with Crippen LogP contribution in [0.2, 0.25) is 0 Å². The highest BCUT2D eigenvalue weighted by Crippen LogP contribution is 2.33. The molecule has 0 unspecified atom stereocenters. The fourth-order valence-corrected chi connectivity index (χ4v) is 2.23. The molecule has 1 amide bonds. The van der Waals surface area contributed by atoms with Crippen LogP contribution in [0.25, 0.3) is 0 Å². The molecule has 1 N–H and O–H groups in total. The Morgan fingerprint density at radius 1 is 1.10 bits per heavy atom. The van der Waals surface area contributed by atoms with Crippen molar-refractivity contribution in [2.24, 2.45) is 0 Å². The van der Waals surface area contributed by atoms with Gasteiger partial charge in [0.2, 0.25) is 0 Å². The number of amides is 1. The average molecular weight is 285 g/mol. The summed E-state index contributed by atoms with van der Waals surface area (Å²) in [5.74, 6) is 0.331. The number of aliphatic hydroxyl groups is 1. The molecule has 0 aromatic heterocycles. The van der Waals surface area contributed by atoms with E-state index in [1.165, 1.54) is 12.0 Å². The number of hydrogen-bond acceptors (Lipinski definition) is 3. The van der Waals surface area contributed by atoms with E-state index in [2.05, 4.69) is 0 Å². The zero-order valence-corrected chi connectivity index (χ0v) is 12.4. The molecule has 0 heterocycles. The Labute approximate surface area is 124 Å². The number of nitrogens with zero attached hydrogens (tertiary/aromatic N) is 1. The first-order chi connectivity index (χ1) is 10.1. The highest BCUT2D eigenvalue weighted by Gasteiger charge is 2.23. The van der Waals surface area contributed by atoms with Crippen LogP contribution in [0.15, 0.2) is 48.5 Å². The van der Waals surface area contributed by atoms with Gasteiger partial charge in [0.1, 0.15) is 11.9 Å². The van der Waals surface area contributed by atoms with E-state index in [9.17, 15) is 9.90 Å². The van der Waals surface area contributed by atoms with Gasteiger partial charge in [0, 0.05) is 25.2 Å². The highest BCUT2D eigenvalue weighted by molar-refractivity contribution is 5.96. The molecule has 1 atom stereocenters. The summed E-state index contributed by atoms with van der Waals surface area (Å²) in [7, 11) is 4.89. The lowest BCUT2D eigenvalue weighted by atomic mass is 9.95. The fourth-order valence-electron chi connectivity index (χ4n) is 2.23. The summed E-state index contributed by atoms with van der Waals surface area (Å²) < 4.78 is 5.33. The van der Waals surface area contributed by atoms with Crippen molar-refractivity contribution < 1.29 is 14.6 Å². The van der Waals surface area contributed by atoms with Crippen molar-refractivity contribution in [3.8, 4) is 5.75 Å². The van der Waals surface area contributed by atoms with Gasteiger partial charge >= 0.3 is 0 Å². The SMILES string of the molecule is COc1cccc(C(=O)N(C)C)c1[C@@H](O)c1ccccc1. The molecule has 0 radical (unpaired) electrons. The van der Waals surface area contributed by atoms with E-state index in [-0.39, 0.29) is 5.91 Å². The van der Waals surface area contributed by atoms with Crippen molar-refractivity contribution >= 4 is 5.91 Å². The molecular formula is C17H19NO3. The smallest absolute Gasteiger partial charge is 0.253 e. The van der Waals surface area contributed by atoms with Crippen LogP contribution in [0.5, 0.6) is 5.75 Å². The minimum absolute atomic E-state index is 0.168. The zero-order chi connectivity index (χ0) is 15.4. The second-order valence-corrected chi connectivity index (χ2v) is 4.93. The molecule has 0 bridgehead atoms. The van der Waals surface area contributed by atoms with Gasteiger partial charge in [0.05, 0.1) is 7.11 Å². The molecule has 2 aromatic carbocycles. The van der Waals surface area contributed by atoms with E-state index in [4.69, 9.17) is 4.74 Å². The van der Waals surface area contributed by atoms with Crippen LogP contribution in [0, 0.1) is 0 Å². The van der Waals surface area contributed by atoms with Crippen molar-refractivity contribution in [3.63, 3.8) is 0 Å². The molecule has 4 nitrogen and oxygen atoms in total. The monoisotopic (exact) mass is 285 g/mol. The molecule has 0 fully saturated rings. The van der Waals surface area contributed by atoms with E-state index >= 15 is 0 Å². The molecule has 0 saturated carbocycles. The van der Waals surface area contributed by atoms with Crippen LogP contribution >= 0.6 is 0 Å². The predicted molar refractivity (Wildman–Crippen MR) is 81.5 cm³/mol. The molecule has 2 rings (SSSR count). The van der Waals surface area contributed by atoms with Gasteiger partial charge in [-0.1, -0.05) is 36.4 Å². The number of ether oxygens (including phenoxy) is 1. The summed E-state index contributed by atoms with van der Waals surface area (Å²) in [5, 5.41) is 10.7. The summed E-state index contributed by atoms with van der Waals surface area (Å²) >= 11 is 0. The third-order valence-corrected chi connectivity index (χ3v) is 3.31. The number of methoxy groups -OCH3 is 1. The number of carbonyl (C=O) groups is 1. The van der Waals surface area contributed by atoms with Gasteiger partial charge in [0.25, 0.3) is 5.91 Å². The van der Waals surface area contributed by atoms with Crippen LogP contribution < -0.4 is 4.74 Å². The summed E-state index contributed by atoms with van der Waals surface area (Å²) in [4.78, 5) is 13.8. The first kappa shape index (κ1) is 15.1. The highest BCUT2D eigenvalue weighted by atomic mass is 16.5. The lowest BCUT2D eigenvalue weighted by Crippen LogP contribution is -2.24. The van der Waals surface area contributed by atoms with Gasteiger partial charge in [0.15, 0.2) is 0 Å². The maximum Gasteiger partial charge on any atom is 0.253 e. The molecule has 2 aromatic rings. The summed E-state index contributed by atoms with van der Waals surface area (Å²) in [6, 6.07) is 14.4. The third kappa shape index (κ3) is 3.06. The van der Waals surface area contributed by atoms with Crippen LogP contribution in [-0.2, 0) is 0 Å². The third-order valence-electron chi connectivity index (χ3n) is 3.31.